The molecule has 0 saturated heterocycles. The number of nitrogens with zero attached hydrogens (tertiary/aromatic N) is 5. The maximum atomic E-state index is 14.6. The number of ether oxygens (including phenoxy) is 5. The van der Waals surface area contributed by atoms with Crippen molar-refractivity contribution in [3.05, 3.63) is 348 Å². The van der Waals surface area contributed by atoms with Crippen LogP contribution in [0.1, 0.15) is 134 Å². The number of amides is 5. The van der Waals surface area contributed by atoms with E-state index < -0.39 is 35.9 Å². The normalized spacial score (nSPS) is 16.6. The highest BCUT2D eigenvalue weighted by Crippen LogP contribution is 2.47. The van der Waals surface area contributed by atoms with Gasteiger partial charge in [-0.15, -0.1) is 11.6 Å². The molecule has 5 aliphatic rings. The van der Waals surface area contributed by atoms with Crippen LogP contribution in [0.2, 0.25) is 30.1 Å². The quantitative estimate of drug-likeness (QED) is 0.0678. The predicted molar refractivity (Wildman–Crippen MR) is 508 cm³/mol. The second kappa shape index (κ2) is 40.1. The lowest BCUT2D eigenvalue weighted by atomic mass is 9.92. The Balaban J connectivity index is 0.000000119. The van der Waals surface area contributed by atoms with Gasteiger partial charge in [0.15, 0.2) is 11.6 Å². The molecule has 0 aliphatic carbocycles. The molecule has 0 radical (unpaired) electrons. The van der Waals surface area contributed by atoms with Crippen LogP contribution in [0.15, 0.2) is 211 Å². The number of rotatable bonds is 9. The lowest BCUT2D eigenvalue weighted by Crippen LogP contribution is -2.41. The van der Waals surface area contributed by atoms with Crippen LogP contribution in [0.25, 0.3) is 54.5 Å². The van der Waals surface area contributed by atoms with Gasteiger partial charge < -0.3 is 48.6 Å². The molecule has 5 N–H and O–H groups in total. The number of methoxy groups -OCH3 is 2. The summed E-state index contributed by atoms with van der Waals surface area (Å²) in [6.07, 6.45) is 1.52. The number of aromatic amines is 5. The van der Waals surface area contributed by atoms with Crippen LogP contribution in [0.4, 0.5) is 37.1 Å². The monoisotopic (exact) mass is 1960 g/mol. The number of fused-ring (bicyclic) bond motifs is 15. The highest BCUT2D eigenvalue weighted by molar-refractivity contribution is 9.10. The van der Waals surface area contributed by atoms with Gasteiger partial charge in [-0.25, -0.2) is 37.1 Å². The molecule has 670 valence electrons. The summed E-state index contributed by atoms with van der Waals surface area (Å²) in [5, 5.41) is 9.32. The molecule has 0 fully saturated rings. The van der Waals surface area contributed by atoms with E-state index in [0.29, 0.717) is 95.1 Å². The van der Waals surface area contributed by atoms with Gasteiger partial charge in [0.05, 0.1) is 33.3 Å². The van der Waals surface area contributed by atoms with Gasteiger partial charge in [0.1, 0.15) is 42.6 Å². The Hall–Kier alpha value is -11.5. The first-order valence-corrected chi connectivity index (χ1v) is 45.8. The molecule has 0 saturated carbocycles. The van der Waals surface area contributed by atoms with E-state index in [2.05, 4.69) is 72.0 Å². The summed E-state index contributed by atoms with van der Waals surface area (Å²) in [5.41, 5.74) is 20.1. The summed E-state index contributed by atoms with van der Waals surface area (Å²) in [5.74, 6) is -2.01. The number of nitrogens with one attached hydrogen (secondary N) is 5. The molecule has 0 spiro atoms. The summed E-state index contributed by atoms with van der Waals surface area (Å²) >= 11 is 46.1. The number of hydrogen-bond acceptors (Lipinski definition) is 10. The minimum absolute atomic E-state index is 0.0778. The van der Waals surface area contributed by atoms with Gasteiger partial charge in [-0.2, -0.15) is 0 Å². The molecule has 10 heterocycles. The van der Waals surface area contributed by atoms with Gasteiger partial charge in [-0.3, -0.25) is 24.5 Å². The molecular formula is C99H87BrCl7F3N10O10. The summed E-state index contributed by atoms with van der Waals surface area (Å²) in [6, 6.07) is 60.8. The Kier molecular flexibility index (Phi) is 28.3. The molecule has 5 unspecified atom stereocenters. The summed E-state index contributed by atoms with van der Waals surface area (Å²) in [4.78, 5) is 87.9. The number of aromatic nitrogens is 5. The first-order valence-electron chi connectivity index (χ1n) is 42.2. The topological polar surface area (TPSA) is 227 Å². The van der Waals surface area contributed by atoms with E-state index in [0.717, 1.165) is 140 Å². The van der Waals surface area contributed by atoms with Gasteiger partial charge in [-0.1, -0.05) is 164 Å². The third kappa shape index (κ3) is 19.0. The summed E-state index contributed by atoms with van der Waals surface area (Å²) < 4.78 is 69.0. The van der Waals surface area contributed by atoms with Gasteiger partial charge in [0.25, 0.3) is 0 Å². The maximum absolute atomic E-state index is 14.6. The number of H-pyrrole nitrogens is 5. The van der Waals surface area contributed by atoms with Crippen molar-refractivity contribution in [3.63, 3.8) is 0 Å². The molecule has 0 bridgehead atoms. The van der Waals surface area contributed by atoms with Gasteiger partial charge in [-0.05, 0) is 236 Å². The van der Waals surface area contributed by atoms with Crippen LogP contribution in [0.3, 0.4) is 0 Å². The van der Waals surface area contributed by atoms with Crippen molar-refractivity contribution in [2.75, 3.05) is 72.6 Å². The molecule has 5 aromatic heterocycles. The standard InChI is InChI=1S/C20H18BrClN2O2.C20H17Cl3N2O2.C20H18ClFN2O2.C20H19ClN2O2.C19H15ClF2N2O2/c1-2-26-20(25)24-10-9-15-16-11-14(22)7-8-17(16)23-18(15)19(24)12-3-5-13(21)6-4-12;21-8-10-27-20(26)25-9-7-15-16-11-14(23)5-6-17(16)24-18(15)19(25)12-1-3-13(22)4-2-12;1-2-26-20(25)24-9-8-15-16-11-13(21)6-7-17(16)23-18(15)19(24)12-4-3-5-14(22)10-12;1-12-3-5-13(6-4-12)19-18-15(9-10-23(19)20(24)25-2)16-11-14(21)7-8-17(16)22-18;1-26-19(25)24-8-7-11-13-9-10(20)5-6-15(13)23-17(11)18(24)12-3-2-4-14(21)16(12)22/h3-8,11,19,23H,2,9-10H2,1H3;1-6,11,19,24H,7-10H2;3-7,10-11,19,23H,2,8-9H2,1H3;3-8,11,19,22H,9-10H2,1-2H3;2-6,9,18,23H,7-8H2,1H3. The van der Waals surface area contributed by atoms with Crippen LogP contribution in [-0.2, 0) is 55.8 Å². The number of carbonyl (C=O) groups is 5. The van der Waals surface area contributed by atoms with E-state index in [9.17, 15) is 37.1 Å². The average Bonchev–Trinajstić information content (AvgIpc) is 1.60. The van der Waals surface area contributed by atoms with Crippen molar-refractivity contribution in [1.82, 2.24) is 49.4 Å². The molecule has 5 aliphatic heterocycles. The van der Waals surface area contributed by atoms with Gasteiger partial charge in [0, 0.05) is 156 Å². The SMILES string of the molecule is CCOC(=O)N1CCc2c([nH]c3ccc(Cl)cc23)C1c1ccc(Br)cc1.CCOC(=O)N1CCc2c([nH]c3ccc(Cl)cc23)C1c1cccc(F)c1.COC(=O)N1CCc2c([nH]c3ccc(Cl)cc23)C1c1ccc(C)cc1.COC(=O)N1CCc2c([nH]c3ccc(Cl)cc23)C1c1cccc(F)c1F.O=C(OCCCl)N1CCc2c([nH]c3ccc(Cl)cc23)C1c1ccc(Cl)cc1. The van der Waals surface area contributed by atoms with Crippen LogP contribution >= 0.6 is 97.1 Å². The Morgan fingerprint density at radius 2 is 0.677 bits per heavy atom. The Morgan fingerprint density at radius 1 is 0.369 bits per heavy atom. The van der Waals surface area contributed by atoms with E-state index in [1.165, 1.54) is 65.6 Å². The molecule has 5 amide bonds. The van der Waals surface area contributed by atoms with Crippen LogP contribution in [0, 0.1) is 24.4 Å². The lowest BCUT2D eigenvalue weighted by Gasteiger charge is -2.35. The van der Waals surface area contributed by atoms with Crippen molar-refractivity contribution in [2.45, 2.75) is 83.1 Å². The minimum Gasteiger partial charge on any atom is -0.453 e. The molecule has 20 nitrogen and oxygen atoms in total. The number of aryl methyl sites for hydroxylation is 1. The van der Waals surface area contributed by atoms with Gasteiger partial charge in [0.2, 0.25) is 0 Å². The lowest BCUT2D eigenvalue weighted by molar-refractivity contribution is 0.0924. The fourth-order valence-corrected chi connectivity index (χ4v) is 19.6. The highest BCUT2D eigenvalue weighted by Gasteiger charge is 2.42. The smallest absolute Gasteiger partial charge is 0.410 e. The Labute approximate surface area is 790 Å². The van der Waals surface area contributed by atoms with Crippen molar-refractivity contribution >= 4 is 182 Å². The van der Waals surface area contributed by atoms with E-state index in [1.54, 1.807) is 38.7 Å². The molecular weight excluding hydrogens is 1870 g/mol. The number of alkyl halides is 1. The number of hydrogen-bond donors (Lipinski definition) is 5. The van der Waals surface area contributed by atoms with Gasteiger partial charge >= 0.3 is 30.5 Å². The zero-order valence-electron chi connectivity index (χ0n) is 70.9. The summed E-state index contributed by atoms with van der Waals surface area (Å²) in [6.45, 7) is 9.05. The second-order valence-electron chi connectivity index (χ2n) is 31.6. The van der Waals surface area contributed by atoms with Crippen LogP contribution in [-0.4, -0.2) is 153 Å². The molecule has 5 atom stereocenters. The number of benzene rings is 10. The molecule has 15 aromatic rings. The third-order valence-electron chi connectivity index (χ3n) is 24.0. The maximum Gasteiger partial charge on any atom is 0.410 e. The van der Waals surface area contributed by atoms with Crippen molar-refractivity contribution < 1.29 is 60.8 Å². The fraction of sp³-hybridized carbons (Fsp3) is 0.242. The van der Waals surface area contributed by atoms with E-state index in [-0.39, 0.29) is 60.3 Å². The highest BCUT2D eigenvalue weighted by atomic mass is 79.9. The van der Waals surface area contributed by atoms with Crippen LogP contribution < -0.4 is 0 Å². The van der Waals surface area contributed by atoms with Crippen molar-refractivity contribution in [3.8, 4) is 0 Å². The third-order valence-corrected chi connectivity index (χ3v) is 26.1. The zero-order chi connectivity index (χ0) is 91.5. The minimum atomic E-state index is -0.976. The predicted octanol–water partition coefficient (Wildman–Crippen LogP) is 26.2. The molecule has 31 heteroatoms. The zero-order valence-corrected chi connectivity index (χ0v) is 77.8. The molecule has 130 heavy (non-hydrogen) atoms. The van der Waals surface area contributed by atoms with E-state index >= 15 is 0 Å². The van der Waals surface area contributed by atoms with Crippen molar-refractivity contribution in [1.29, 1.82) is 0 Å². The second-order valence-corrected chi connectivity index (χ2v) is 35.5. The molecule has 10 aromatic carbocycles. The number of halogens is 11. The largest absolute Gasteiger partial charge is 0.453 e. The first kappa shape index (κ1) is 91.8. The average molecular weight is 1960 g/mol. The van der Waals surface area contributed by atoms with Crippen LogP contribution in [0.5, 0.6) is 0 Å². The summed E-state index contributed by atoms with van der Waals surface area (Å²) in [7, 11) is 2.69. The Morgan fingerprint density at radius 3 is 1.02 bits per heavy atom. The fourth-order valence-electron chi connectivity index (χ4n) is 18.3. The molecule has 20 rings (SSSR count). The van der Waals surface area contributed by atoms with E-state index in [1.807, 2.05) is 146 Å². The number of carbonyl (C=O) groups excluding carboxylic acids is 5. The first-order chi connectivity index (χ1) is 62.8. The van der Waals surface area contributed by atoms with E-state index in [4.69, 9.17) is 105 Å². The van der Waals surface area contributed by atoms with Crippen molar-refractivity contribution in [2.24, 2.45) is 0 Å². The Bertz CT molecular complexity index is 6770.